The number of hydrogen-bond donors (Lipinski definition) is 2. The van der Waals surface area contributed by atoms with Gasteiger partial charge in [-0.05, 0) is 45.0 Å². The molecule has 0 radical (unpaired) electrons. The zero-order valence-electron chi connectivity index (χ0n) is 16.8. The van der Waals surface area contributed by atoms with E-state index in [1.807, 2.05) is 35.6 Å². The number of pyridine rings is 1. The summed E-state index contributed by atoms with van der Waals surface area (Å²) in [5, 5.41) is 5.30. The second-order valence-electron chi connectivity index (χ2n) is 7.51. The summed E-state index contributed by atoms with van der Waals surface area (Å²) in [6, 6.07) is 5.89. The van der Waals surface area contributed by atoms with Gasteiger partial charge in [0.2, 0.25) is 0 Å². The second kappa shape index (κ2) is 9.52. The van der Waals surface area contributed by atoms with Crippen LogP contribution < -0.4 is 15.8 Å². The van der Waals surface area contributed by atoms with Crippen LogP contribution in [0, 0.1) is 0 Å². The van der Waals surface area contributed by atoms with Crippen molar-refractivity contribution in [1.29, 1.82) is 0 Å². The highest BCUT2D eigenvalue weighted by Crippen LogP contribution is 2.30. The predicted octanol–water partition coefficient (Wildman–Crippen LogP) is 3.43. The van der Waals surface area contributed by atoms with Crippen LogP contribution in [0.3, 0.4) is 0 Å². The summed E-state index contributed by atoms with van der Waals surface area (Å²) in [5.41, 5.74) is 6.10. The number of hydrazine groups is 1. The van der Waals surface area contributed by atoms with Gasteiger partial charge >= 0.3 is 0 Å². The number of nitrogens with zero attached hydrogens (tertiary/aromatic N) is 5. The zero-order chi connectivity index (χ0) is 19.9. The molecular weight excluding hydrogens is 362 g/mol. The molecule has 0 saturated carbocycles. The van der Waals surface area contributed by atoms with Crippen molar-refractivity contribution in [2.24, 2.45) is 0 Å². The Morgan fingerprint density at radius 1 is 1.14 bits per heavy atom. The van der Waals surface area contributed by atoms with Crippen molar-refractivity contribution in [2.45, 2.75) is 32.1 Å². The standard InChI is InChI=1S/C22H29N7/c1-18-20(19-8-6-9-23-15-19)16-27-29(18)22-14-21(25-17-26-22)24-10-7-13-28-11-4-2-3-5-12-28/h6,8-9,14-17,27H,1-5,7,10-13H2,(H,24,25,26). The summed E-state index contributed by atoms with van der Waals surface area (Å²) in [5.74, 6) is 1.59. The van der Waals surface area contributed by atoms with Crippen LogP contribution in [0.25, 0.3) is 5.57 Å². The molecule has 0 aromatic carbocycles. The van der Waals surface area contributed by atoms with E-state index in [1.54, 1.807) is 12.5 Å². The highest BCUT2D eigenvalue weighted by Gasteiger charge is 2.22. The van der Waals surface area contributed by atoms with Crippen molar-refractivity contribution in [1.82, 2.24) is 25.3 Å². The minimum Gasteiger partial charge on any atom is -0.370 e. The first-order valence-corrected chi connectivity index (χ1v) is 10.5. The van der Waals surface area contributed by atoms with Crippen LogP contribution in [-0.4, -0.2) is 46.0 Å². The molecule has 7 heteroatoms. The van der Waals surface area contributed by atoms with Crippen LogP contribution in [0.1, 0.15) is 37.7 Å². The number of aromatic nitrogens is 3. The van der Waals surface area contributed by atoms with Crippen LogP contribution in [0.2, 0.25) is 0 Å². The summed E-state index contributed by atoms with van der Waals surface area (Å²) in [7, 11) is 0. The van der Waals surface area contributed by atoms with Gasteiger partial charge in [-0.1, -0.05) is 25.5 Å². The first kappa shape index (κ1) is 19.4. The molecular formula is C22H29N7. The molecule has 1 saturated heterocycles. The number of hydrogen-bond acceptors (Lipinski definition) is 7. The lowest BCUT2D eigenvalue weighted by Gasteiger charge is -2.21. The van der Waals surface area contributed by atoms with E-state index in [1.165, 1.54) is 38.8 Å². The Bertz CT molecular complexity index is 841. The van der Waals surface area contributed by atoms with Crippen molar-refractivity contribution < 1.29 is 0 Å². The lowest BCUT2D eigenvalue weighted by atomic mass is 10.1. The molecule has 2 aromatic rings. The molecule has 4 heterocycles. The van der Waals surface area contributed by atoms with Crippen molar-refractivity contribution in [3.8, 4) is 0 Å². The van der Waals surface area contributed by atoms with Gasteiger partial charge in [0.15, 0.2) is 5.82 Å². The number of allylic oxidation sites excluding steroid dienone is 1. The first-order valence-electron chi connectivity index (χ1n) is 10.5. The zero-order valence-corrected chi connectivity index (χ0v) is 16.8. The van der Waals surface area contributed by atoms with E-state index < -0.39 is 0 Å². The predicted molar refractivity (Wildman–Crippen MR) is 117 cm³/mol. The fourth-order valence-corrected chi connectivity index (χ4v) is 3.83. The van der Waals surface area contributed by atoms with Crippen LogP contribution in [0.4, 0.5) is 11.6 Å². The maximum absolute atomic E-state index is 4.41. The lowest BCUT2D eigenvalue weighted by Crippen LogP contribution is -2.29. The average Bonchev–Trinajstić information content (AvgIpc) is 2.96. The number of nitrogens with one attached hydrogen (secondary N) is 2. The molecule has 2 aromatic heterocycles. The van der Waals surface area contributed by atoms with E-state index in [9.17, 15) is 0 Å². The van der Waals surface area contributed by atoms with Crippen LogP contribution in [0.15, 0.2) is 55.4 Å². The summed E-state index contributed by atoms with van der Waals surface area (Å²) in [6.45, 7) is 8.75. The van der Waals surface area contributed by atoms with E-state index >= 15 is 0 Å². The van der Waals surface area contributed by atoms with E-state index in [0.717, 1.165) is 48.0 Å². The molecule has 4 rings (SSSR count). The first-order chi connectivity index (χ1) is 14.3. The number of rotatable bonds is 7. The Morgan fingerprint density at radius 2 is 2.00 bits per heavy atom. The molecule has 29 heavy (non-hydrogen) atoms. The van der Waals surface area contributed by atoms with Crippen molar-refractivity contribution >= 4 is 17.2 Å². The van der Waals surface area contributed by atoms with Gasteiger partial charge in [0.25, 0.3) is 0 Å². The molecule has 1 fully saturated rings. The minimum atomic E-state index is 0.759. The van der Waals surface area contributed by atoms with Crippen LogP contribution >= 0.6 is 0 Å². The largest absolute Gasteiger partial charge is 0.370 e. The van der Waals surface area contributed by atoms with Crippen molar-refractivity contribution in [3.05, 3.63) is 61.0 Å². The summed E-state index contributed by atoms with van der Waals surface area (Å²) < 4.78 is 0. The third-order valence-electron chi connectivity index (χ3n) is 5.43. The Balaban J connectivity index is 1.30. The molecule has 7 nitrogen and oxygen atoms in total. The van der Waals surface area contributed by atoms with E-state index in [0.29, 0.717) is 0 Å². The monoisotopic (exact) mass is 391 g/mol. The smallest absolute Gasteiger partial charge is 0.157 e. The molecule has 0 bridgehead atoms. The normalized spacial score (nSPS) is 17.6. The summed E-state index contributed by atoms with van der Waals surface area (Å²) in [6.07, 6.45) is 13.7. The van der Waals surface area contributed by atoms with Crippen molar-refractivity contribution in [2.75, 3.05) is 36.5 Å². The Kier molecular flexibility index (Phi) is 6.36. The van der Waals surface area contributed by atoms with Gasteiger partial charge in [-0.25, -0.2) is 15.0 Å². The van der Waals surface area contributed by atoms with Gasteiger partial charge in [-0.2, -0.15) is 0 Å². The Morgan fingerprint density at radius 3 is 2.79 bits per heavy atom. The maximum Gasteiger partial charge on any atom is 0.157 e. The third-order valence-corrected chi connectivity index (χ3v) is 5.43. The fourth-order valence-electron chi connectivity index (χ4n) is 3.83. The van der Waals surface area contributed by atoms with Crippen LogP contribution in [-0.2, 0) is 0 Å². The molecule has 152 valence electrons. The van der Waals surface area contributed by atoms with Gasteiger partial charge in [-0.3, -0.25) is 10.4 Å². The average molecular weight is 392 g/mol. The molecule has 0 amide bonds. The van der Waals surface area contributed by atoms with Gasteiger partial charge in [0.05, 0.1) is 5.70 Å². The van der Waals surface area contributed by atoms with Crippen molar-refractivity contribution in [3.63, 3.8) is 0 Å². The van der Waals surface area contributed by atoms with Gasteiger partial charge in [0, 0.05) is 42.3 Å². The summed E-state index contributed by atoms with van der Waals surface area (Å²) in [4.78, 5) is 15.5. The molecule has 2 N–H and O–H groups in total. The Hall–Kier alpha value is -2.93. The molecule has 2 aliphatic heterocycles. The highest BCUT2D eigenvalue weighted by molar-refractivity contribution is 5.84. The minimum absolute atomic E-state index is 0.759. The maximum atomic E-state index is 4.41. The van der Waals surface area contributed by atoms with E-state index in [4.69, 9.17) is 0 Å². The lowest BCUT2D eigenvalue weighted by molar-refractivity contribution is 0.284. The van der Waals surface area contributed by atoms with Gasteiger partial charge in [-0.15, -0.1) is 0 Å². The van der Waals surface area contributed by atoms with Gasteiger partial charge < -0.3 is 10.2 Å². The second-order valence-corrected chi connectivity index (χ2v) is 7.51. The number of likely N-dealkylation sites (tertiary alicyclic amines) is 1. The number of anilines is 2. The fraction of sp³-hybridized carbons (Fsp3) is 0.409. The van der Waals surface area contributed by atoms with Gasteiger partial charge in [0.1, 0.15) is 12.1 Å². The molecule has 2 aliphatic rings. The molecule has 0 unspecified atom stereocenters. The third kappa shape index (κ3) is 4.92. The molecule has 0 spiro atoms. The quantitative estimate of drug-likeness (QED) is 0.701. The van der Waals surface area contributed by atoms with E-state index in [-0.39, 0.29) is 0 Å². The molecule has 0 aliphatic carbocycles. The molecule has 0 atom stereocenters. The SMILES string of the molecule is C=C1C(c2cccnc2)=CNN1c1cc(NCCCN2CCCCCC2)ncn1. The topological polar surface area (TPSA) is 69.2 Å². The summed E-state index contributed by atoms with van der Waals surface area (Å²) >= 11 is 0. The van der Waals surface area contributed by atoms with Crippen LogP contribution in [0.5, 0.6) is 0 Å². The Labute approximate surface area is 172 Å². The highest BCUT2D eigenvalue weighted by atomic mass is 15.5. The van der Waals surface area contributed by atoms with E-state index in [2.05, 4.69) is 37.2 Å².